The van der Waals surface area contributed by atoms with Gasteiger partial charge in [0, 0.05) is 43.7 Å². The van der Waals surface area contributed by atoms with Crippen LogP contribution < -0.4 is 0 Å². The van der Waals surface area contributed by atoms with Crippen molar-refractivity contribution in [2.75, 3.05) is 19.9 Å². The number of carbonyl (C=O) groups is 2. The third kappa shape index (κ3) is 5.37. The molecular weight excluding hydrogens is 406 g/mol. The summed E-state index contributed by atoms with van der Waals surface area (Å²) < 4.78 is 10.4. The third-order valence-corrected chi connectivity index (χ3v) is 6.65. The van der Waals surface area contributed by atoms with Gasteiger partial charge >= 0.3 is 12.1 Å². The van der Waals surface area contributed by atoms with Crippen LogP contribution in [0, 0.1) is 0 Å². The Morgan fingerprint density at radius 2 is 1.50 bits per heavy atom. The first kappa shape index (κ1) is 22.5. The number of piperidine rings is 1. The molecule has 0 radical (unpaired) electrons. The lowest BCUT2D eigenvalue weighted by Gasteiger charge is -2.31. The number of ether oxygens (including phenoxy) is 2. The van der Waals surface area contributed by atoms with Crippen LogP contribution in [0.25, 0.3) is 11.0 Å². The molecule has 0 saturated carbocycles. The van der Waals surface area contributed by atoms with Crippen LogP contribution in [0.4, 0.5) is 4.79 Å². The first-order valence-electron chi connectivity index (χ1n) is 12.0. The highest BCUT2D eigenvalue weighted by atomic mass is 16.7. The molecule has 2 bridgehead atoms. The maximum absolute atomic E-state index is 12.6. The Hall–Kier alpha value is -2.70. The van der Waals surface area contributed by atoms with E-state index in [0.29, 0.717) is 19.5 Å². The molecular formula is C25H33N3O4. The number of unbranched alkanes of at least 4 members (excludes halogenated alkanes) is 6. The van der Waals surface area contributed by atoms with Crippen LogP contribution >= 0.6 is 0 Å². The van der Waals surface area contributed by atoms with E-state index in [4.69, 9.17) is 9.47 Å². The van der Waals surface area contributed by atoms with Crippen LogP contribution in [0.5, 0.6) is 0 Å². The van der Waals surface area contributed by atoms with Crippen molar-refractivity contribution in [1.29, 1.82) is 0 Å². The predicted octanol–water partition coefficient (Wildman–Crippen LogP) is 5.29. The second-order valence-corrected chi connectivity index (χ2v) is 8.98. The summed E-state index contributed by atoms with van der Waals surface area (Å²) in [7, 11) is 0. The van der Waals surface area contributed by atoms with Crippen molar-refractivity contribution in [3.8, 4) is 0 Å². The second-order valence-electron chi connectivity index (χ2n) is 8.98. The van der Waals surface area contributed by atoms with Gasteiger partial charge in [-0.2, -0.15) is 0 Å². The molecule has 7 heteroatoms. The van der Waals surface area contributed by atoms with Crippen LogP contribution in [0.1, 0.15) is 87.7 Å². The number of amides is 1. The minimum atomic E-state index is -0.419. The molecule has 32 heavy (non-hydrogen) atoms. The van der Waals surface area contributed by atoms with Crippen molar-refractivity contribution in [2.24, 2.45) is 0 Å². The lowest BCUT2D eigenvalue weighted by atomic mass is 9.96. The molecule has 0 spiro atoms. The summed E-state index contributed by atoms with van der Waals surface area (Å²) in [4.78, 5) is 35.0. The molecule has 2 unspecified atom stereocenters. The number of hydrogen-bond donors (Lipinski definition) is 0. The van der Waals surface area contributed by atoms with E-state index in [-0.39, 0.29) is 24.6 Å². The Kier molecular flexibility index (Phi) is 7.55. The van der Waals surface area contributed by atoms with E-state index in [1.54, 1.807) is 17.3 Å². The van der Waals surface area contributed by atoms with Crippen LogP contribution in [0.3, 0.4) is 0 Å². The fraction of sp³-hybridized carbons (Fsp3) is 0.600. The van der Waals surface area contributed by atoms with Gasteiger partial charge in [-0.15, -0.1) is 0 Å². The number of carbonyl (C=O) groups excluding carboxylic acids is 2. The first-order chi connectivity index (χ1) is 15.7. The quantitative estimate of drug-likeness (QED) is 0.284. The zero-order valence-electron chi connectivity index (χ0n) is 18.9. The fourth-order valence-electron chi connectivity index (χ4n) is 4.98. The number of esters is 1. The summed E-state index contributed by atoms with van der Waals surface area (Å²) in [6, 6.07) is 4.23. The van der Waals surface area contributed by atoms with Gasteiger partial charge < -0.3 is 14.4 Å². The number of fused-ring (bicyclic) bond motifs is 6. The lowest BCUT2D eigenvalue weighted by molar-refractivity contribution is -0.152. The number of hydrogen-bond acceptors (Lipinski definition) is 6. The van der Waals surface area contributed by atoms with E-state index in [0.717, 1.165) is 36.7 Å². The van der Waals surface area contributed by atoms with Crippen molar-refractivity contribution < 1.29 is 19.1 Å². The smallest absolute Gasteiger partial charge is 0.412 e. The minimum Gasteiger partial charge on any atom is -0.428 e. The van der Waals surface area contributed by atoms with Gasteiger partial charge in [0.2, 0.25) is 6.79 Å². The van der Waals surface area contributed by atoms with Crippen molar-refractivity contribution >= 4 is 23.1 Å². The Labute approximate surface area is 189 Å². The van der Waals surface area contributed by atoms with Crippen LogP contribution in [0.2, 0.25) is 0 Å². The normalized spacial score (nSPS) is 19.1. The molecule has 1 aliphatic heterocycles. The molecule has 1 amide bonds. The maximum Gasteiger partial charge on any atom is 0.412 e. The average molecular weight is 440 g/mol. The molecule has 1 fully saturated rings. The second kappa shape index (κ2) is 10.7. The lowest BCUT2D eigenvalue weighted by Crippen LogP contribution is -2.40. The van der Waals surface area contributed by atoms with E-state index in [2.05, 4.69) is 29.0 Å². The summed E-state index contributed by atoms with van der Waals surface area (Å²) in [5, 5.41) is 0. The summed E-state index contributed by atoms with van der Waals surface area (Å²) in [5.41, 5.74) is 4.31. The van der Waals surface area contributed by atoms with E-state index < -0.39 is 6.09 Å². The van der Waals surface area contributed by atoms with Crippen molar-refractivity contribution in [3.63, 3.8) is 0 Å². The largest absolute Gasteiger partial charge is 0.428 e. The Morgan fingerprint density at radius 1 is 0.906 bits per heavy atom. The molecule has 1 aromatic carbocycles. The average Bonchev–Trinajstić information content (AvgIpc) is 3.05. The number of aromatic nitrogens is 2. The van der Waals surface area contributed by atoms with E-state index in [9.17, 15) is 9.59 Å². The van der Waals surface area contributed by atoms with Gasteiger partial charge in [-0.3, -0.25) is 14.8 Å². The van der Waals surface area contributed by atoms with Crippen molar-refractivity contribution in [1.82, 2.24) is 14.9 Å². The molecule has 172 valence electrons. The zero-order valence-corrected chi connectivity index (χ0v) is 18.9. The molecule has 2 atom stereocenters. The fourth-order valence-corrected chi connectivity index (χ4v) is 4.98. The van der Waals surface area contributed by atoms with Gasteiger partial charge in [-0.25, -0.2) is 4.79 Å². The number of rotatable bonds is 10. The molecule has 1 saturated heterocycles. The van der Waals surface area contributed by atoms with Crippen molar-refractivity contribution in [3.05, 3.63) is 35.7 Å². The Bertz CT molecular complexity index is 897. The third-order valence-electron chi connectivity index (χ3n) is 6.65. The molecule has 1 aromatic heterocycles. The Balaban J connectivity index is 1.19. The Morgan fingerprint density at radius 3 is 2.12 bits per heavy atom. The summed E-state index contributed by atoms with van der Waals surface area (Å²) in [5.74, 6) is 0.259. The predicted molar refractivity (Wildman–Crippen MR) is 121 cm³/mol. The van der Waals surface area contributed by atoms with E-state index in [1.165, 1.54) is 36.8 Å². The highest BCUT2D eigenvalue weighted by Crippen LogP contribution is 2.46. The highest BCUT2D eigenvalue weighted by Gasteiger charge is 2.40. The van der Waals surface area contributed by atoms with Crippen LogP contribution in [-0.2, 0) is 14.3 Å². The van der Waals surface area contributed by atoms with Crippen LogP contribution in [0.15, 0.2) is 24.5 Å². The zero-order chi connectivity index (χ0) is 22.3. The molecule has 2 aromatic rings. The monoisotopic (exact) mass is 439 g/mol. The first-order valence-corrected chi connectivity index (χ1v) is 12.0. The molecule has 2 aliphatic rings. The maximum atomic E-state index is 12.6. The van der Waals surface area contributed by atoms with E-state index >= 15 is 0 Å². The van der Waals surface area contributed by atoms with Gasteiger partial charge in [0.05, 0.1) is 11.0 Å². The summed E-state index contributed by atoms with van der Waals surface area (Å²) in [6.45, 7) is 3.11. The SMILES string of the molecule is CCCCCCCCCC(=O)OCOC(=O)N1CC2CC(C1)c1cc3nccnc3cc12. The highest BCUT2D eigenvalue weighted by molar-refractivity contribution is 5.77. The topological polar surface area (TPSA) is 81.6 Å². The molecule has 0 N–H and O–H groups in total. The van der Waals surface area contributed by atoms with Gasteiger partial charge in [-0.1, -0.05) is 45.4 Å². The van der Waals surface area contributed by atoms with Crippen molar-refractivity contribution in [2.45, 2.75) is 76.5 Å². The van der Waals surface area contributed by atoms with Crippen LogP contribution in [-0.4, -0.2) is 46.8 Å². The molecule has 7 nitrogen and oxygen atoms in total. The summed E-state index contributed by atoms with van der Waals surface area (Å²) in [6.07, 6.45) is 12.4. The molecule has 4 rings (SSSR count). The minimum absolute atomic E-state index is 0.280. The number of nitrogens with zero attached hydrogens (tertiary/aromatic N) is 3. The summed E-state index contributed by atoms with van der Waals surface area (Å²) >= 11 is 0. The standard InChI is InChI=1S/C25H33N3O4/c1-2-3-4-5-6-7-8-9-24(29)31-17-32-25(30)28-15-18-12-19(16-28)21-14-23-22(13-20(18)21)26-10-11-27-23/h10-11,13-14,18-19H,2-9,12,15-17H2,1H3. The van der Waals surface area contributed by atoms with Gasteiger partial charge in [-0.05, 0) is 36.1 Å². The molecule has 2 heterocycles. The number of likely N-dealkylation sites (tertiary alicyclic amines) is 1. The molecule has 1 aliphatic carbocycles. The number of benzene rings is 1. The van der Waals surface area contributed by atoms with E-state index in [1.807, 2.05) is 0 Å². The van der Waals surface area contributed by atoms with Gasteiger partial charge in [0.15, 0.2) is 0 Å². The van der Waals surface area contributed by atoms with Gasteiger partial charge in [0.25, 0.3) is 0 Å². The van der Waals surface area contributed by atoms with Gasteiger partial charge in [0.1, 0.15) is 0 Å².